The number of carbonyl (C=O) groups is 2. The molecule has 2 aromatic rings. The van der Waals surface area contributed by atoms with E-state index in [1.54, 1.807) is 0 Å². The van der Waals surface area contributed by atoms with Gasteiger partial charge in [-0.1, -0.05) is 30.3 Å². The largest absolute Gasteiger partial charge is 0.416 e. The molecule has 0 radical (unpaired) electrons. The van der Waals surface area contributed by atoms with Crippen LogP contribution in [-0.2, 0) is 17.5 Å². The van der Waals surface area contributed by atoms with Gasteiger partial charge in [0.15, 0.2) is 0 Å². The Labute approximate surface area is 142 Å². The van der Waals surface area contributed by atoms with Crippen LogP contribution in [-0.4, -0.2) is 18.5 Å². The van der Waals surface area contributed by atoms with Gasteiger partial charge in [0.05, 0.1) is 12.1 Å². The molecule has 5 nitrogen and oxygen atoms in total. The Balaban J connectivity index is 1.74. The van der Waals surface area contributed by atoms with Gasteiger partial charge < -0.3 is 10.6 Å². The van der Waals surface area contributed by atoms with Gasteiger partial charge >= 0.3 is 12.2 Å². The van der Waals surface area contributed by atoms with Crippen molar-refractivity contribution in [2.45, 2.75) is 12.7 Å². The number of amides is 3. The molecule has 2 rings (SSSR count). The molecule has 0 atom stereocenters. The molecule has 0 fully saturated rings. The lowest BCUT2D eigenvalue weighted by Gasteiger charge is -2.10. The van der Waals surface area contributed by atoms with Gasteiger partial charge in [0.2, 0.25) is 5.91 Å². The number of rotatable bonds is 5. The summed E-state index contributed by atoms with van der Waals surface area (Å²) in [6.45, 7) is 0.0242. The molecule has 0 unspecified atom stereocenters. The number of halogens is 3. The second-order valence-electron chi connectivity index (χ2n) is 5.15. The standard InChI is InChI=1S/C17H16F3N3O2/c18-17(19,20)13-6-8-14(9-7-13)21-11-15(24)23-16(25)22-10-12-4-2-1-3-5-12/h1-9,21H,10-11H2,(H2,22,23,24,25). The monoisotopic (exact) mass is 351 g/mol. The van der Waals surface area contributed by atoms with Crippen molar-refractivity contribution < 1.29 is 22.8 Å². The summed E-state index contributed by atoms with van der Waals surface area (Å²) >= 11 is 0. The highest BCUT2D eigenvalue weighted by Crippen LogP contribution is 2.29. The van der Waals surface area contributed by atoms with E-state index in [1.165, 1.54) is 12.1 Å². The lowest BCUT2D eigenvalue weighted by Crippen LogP contribution is -2.41. The van der Waals surface area contributed by atoms with Crippen LogP contribution in [0.25, 0.3) is 0 Å². The maximum Gasteiger partial charge on any atom is 0.416 e. The zero-order chi connectivity index (χ0) is 18.3. The van der Waals surface area contributed by atoms with Crippen LogP contribution in [0.4, 0.5) is 23.7 Å². The van der Waals surface area contributed by atoms with Crippen molar-refractivity contribution in [1.82, 2.24) is 10.6 Å². The molecule has 0 saturated carbocycles. The highest BCUT2D eigenvalue weighted by Gasteiger charge is 2.29. The number of nitrogens with one attached hydrogen (secondary N) is 3. The molecule has 0 aliphatic carbocycles. The van der Waals surface area contributed by atoms with Gasteiger partial charge in [-0.2, -0.15) is 13.2 Å². The maximum atomic E-state index is 12.4. The molecular formula is C17H16F3N3O2. The van der Waals surface area contributed by atoms with Crippen molar-refractivity contribution in [3.05, 3.63) is 65.7 Å². The van der Waals surface area contributed by atoms with E-state index in [2.05, 4.69) is 16.0 Å². The van der Waals surface area contributed by atoms with E-state index in [9.17, 15) is 22.8 Å². The molecule has 0 aromatic heterocycles. The predicted molar refractivity (Wildman–Crippen MR) is 86.8 cm³/mol. The number of alkyl halides is 3. The first-order valence-corrected chi connectivity index (χ1v) is 7.37. The Bertz CT molecular complexity index is 716. The van der Waals surface area contributed by atoms with Crippen LogP contribution in [0.1, 0.15) is 11.1 Å². The molecule has 8 heteroatoms. The van der Waals surface area contributed by atoms with E-state index >= 15 is 0 Å². The van der Waals surface area contributed by atoms with E-state index in [-0.39, 0.29) is 13.1 Å². The molecule has 0 aliphatic heterocycles. The fourth-order valence-electron chi connectivity index (χ4n) is 1.95. The summed E-state index contributed by atoms with van der Waals surface area (Å²) in [5.74, 6) is -0.606. The van der Waals surface area contributed by atoms with Crippen molar-refractivity contribution >= 4 is 17.6 Å². The van der Waals surface area contributed by atoms with Crippen LogP contribution < -0.4 is 16.0 Å². The number of hydrogen-bond donors (Lipinski definition) is 3. The SMILES string of the molecule is O=C(CNc1ccc(C(F)(F)F)cc1)NC(=O)NCc1ccccc1. The summed E-state index contributed by atoms with van der Waals surface area (Å²) in [5, 5.41) is 7.30. The topological polar surface area (TPSA) is 70.2 Å². The zero-order valence-electron chi connectivity index (χ0n) is 13.1. The molecule has 0 aliphatic rings. The average Bonchev–Trinajstić information content (AvgIpc) is 2.59. The van der Waals surface area contributed by atoms with Crippen LogP contribution in [0.2, 0.25) is 0 Å². The minimum atomic E-state index is -4.41. The Morgan fingerprint density at radius 1 is 0.920 bits per heavy atom. The van der Waals surface area contributed by atoms with E-state index in [1.807, 2.05) is 30.3 Å². The summed E-state index contributed by atoms with van der Waals surface area (Å²) in [5.41, 5.74) is 0.448. The van der Waals surface area contributed by atoms with Crippen molar-refractivity contribution in [1.29, 1.82) is 0 Å². The Kier molecular flexibility index (Phi) is 5.99. The van der Waals surface area contributed by atoms with Crippen molar-refractivity contribution in [2.24, 2.45) is 0 Å². The van der Waals surface area contributed by atoms with Gasteiger partial charge in [0.1, 0.15) is 0 Å². The smallest absolute Gasteiger partial charge is 0.376 e. The minimum absolute atomic E-state index is 0.246. The summed E-state index contributed by atoms with van der Waals surface area (Å²) in [7, 11) is 0. The fraction of sp³-hybridized carbons (Fsp3) is 0.176. The number of carbonyl (C=O) groups excluding carboxylic acids is 2. The van der Waals surface area contributed by atoms with E-state index in [4.69, 9.17) is 0 Å². The van der Waals surface area contributed by atoms with Crippen molar-refractivity contribution in [3.63, 3.8) is 0 Å². The van der Waals surface area contributed by atoms with Crippen LogP contribution in [0, 0.1) is 0 Å². The molecule has 0 saturated heterocycles. The molecular weight excluding hydrogens is 335 g/mol. The molecule has 3 N–H and O–H groups in total. The second kappa shape index (κ2) is 8.18. The minimum Gasteiger partial charge on any atom is -0.376 e. The second-order valence-corrected chi connectivity index (χ2v) is 5.15. The van der Waals surface area contributed by atoms with Gasteiger partial charge in [-0.3, -0.25) is 10.1 Å². The maximum absolute atomic E-state index is 12.4. The predicted octanol–water partition coefficient (Wildman–Crippen LogP) is 3.14. The van der Waals surface area contributed by atoms with E-state index in [0.717, 1.165) is 17.7 Å². The highest BCUT2D eigenvalue weighted by molar-refractivity contribution is 5.96. The molecule has 25 heavy (non-hydrogen) atoms. The lowest BCUT2D eigenvalue weighted by atomic mass is 10.2. The summed E-state index contributed by atoms with van der Waals surface area (Å²) in [6.07, 6.45) is -4.41. The quantitative estimate of drug-likeness (QED) is 0.775. The summed E-state index contributed by atoms with van der Waals surface area (Å²) in [6, 6.07) is 12.8. The van der Waals surface area contributed by atoms with Crippen molar-refractivity contribution in [2.75, 3.05) is 11.9 Å². The normalized spacial score (nSPS) is 10.8. The van der Waals surface area contributed by atoms with Crippen LogP contribution in [0.15, 0.2) is 54.6 Å². The summed E-state index contributed by atoms with van der Waals surface area (Å²) < 4.78 is 37.3. The number of urea groups is 1. The van der Waals surface area contributed by atoms with E-state index < -0.39 is 23.7 Å². The Morgan fingerprint density at radius 3 is 2.16 bits per heavy atom. The van der Waals surface area contributed by atoms with Crippen LogP contribution in [0.5, 0.6) is 0 Å². The van der Waals surface area contributed by atoms with Gasteiger partial charge in [0, 0.05) is 12.2 Å². The molecule has 3 amide bonds. The first kappa shape index (κ1) is 18.3. The lowest BCUT2D eigenvalue weighted by molar-refractivity contribution is -0.137. The Hall–Kier alpha value is -3.03. The highest BCUT2D eigenvalue weighted by atomic mass is 19.4. The number of benzene rings is 2. The molecule has 2 aromatic carbocycles. The van der Waals surface area contributed by atoms with E-state index in [0.29, 0.717) is 5.69 Å². The van der Waals surface area contributed by atoms with Gasteiger partial charge in [-0.15, -0.1) is 0 Å². The Morgan fingerprint density at radius 2 is 1.56 bits per heavy atom. The zero-order valence-corrected chi connectivity index (χ0v) is 13.1. The third-order valence-electron chi connectivity index (χ3n) is 3.21. The van der Waals surface area contributed by atoms with Crippen LogP contribution >= 0.6 is 0 Å². The third-order valence-corrected chi connectivity index (χ3v) is 3.21. The van der Waals surface area contributed by atoms with Gasteiger partial charge in [-0.05, 0) is 29.8 Å². The molecule has 0 heterocycles. The first-order chi connectivity index (χ1) is 11.8. The van der Waals surface area contributed by atoms with Gasteiger partial charge in [-0.25, -0.2) is 4.79 Å². The molecule has 0 spiro atoms. The first-order valence-electron chi connectivity index (χ1n) is 7.37. The van der Waals surface area contributed by atoms with Gasteiger partial charge in [0.25, 0.3) is 0 Å². The van der Waals surface area contributed by atoms with Crippen molar-refractivity contribution in [3.8, 4) is 0 Å². The number of hydrogen-bond acceptors (Lipinski definition) is 3. The number of anilines is 1. The number of imide groups is 1. The average molecular weight is 351 g/mol. The fourth-order valence-corrected chi connectivity index (χ4v) is 1.95. The third kappa shape index (κ3) is 6.17. The van der Waals surface area contributed by atoms with Crippen LogP contribution in [0.3, 0.4) is 0 Å². The molecule has 132 valence electrons. The summed E-state index contributed by atoms with van der Waals surface area (Å²) in [4.78, 5) is 23.2. The molecule has 0 bridgehead atoms.